The Bertz CT molecular complexity index is 709. The molecule has 3 rings (SSSR count). The van der Waals surface area contributed by atoms with Crippen LogP contribution in [-0.2, 0) is 9.59 Å². The number of carbonyl (C=O) groups is 2. The van der Waals surface area contributed by atoms with Gasteiger partial charge in [-0.15, -0.1) is 0 Å². The lowest BCUT2D eigenvalue weighted by molar-refractivity contribution is -0.125. The van der Waals surface area contributed by atoms with E-state index in [9.17, 15) is 9.59 Å². The van der Waals surface area contributed by atoms with Crippen LogP contribution in [0.25, 0.3) is 10.9 Å². The van der Waals surface area contributed by atoms with Crippen LogP contribution in [-0.4, -0.2) is 16.8 Å². The summed E-state index contributed by atoms with van der Waals surface area (Å²) in [6.45, 7) is 1.83. The zero-order valence-electron chi connectivity index (χ0n) is 10.4. The molecule has 0 spiro atoms. The Morgan fingerprint density at radius 1 is 1.37 bits per heavy atom. The average Bonchev–Trinajstić information content (AvgIpc) is 2.69. The van der Waals surface area contributed by atoms with Gasteiger partial charge < -0.3 is 5.73 Å². The molecule has 1 aliphatic rings. The van der Waals surface area contributed by atoms with Crippen LogP contribution in [0.15, 0.2) is 24.3 Å². The van der Waals surface area contributed by atoms with E-state index in [1.54, 1.807) is 6.07 Å². The molecular weight excluding hydrogens is 242 g/mol. The van der Waals surface area contributed by atoms with Gasteiger partial charge in [-0.1, -0.05) is 12.1 Å². The number of para-hydroxylation sites is 1. The number of nitrogens with two attached hydrogens (primary N) is 1. The van der Waals surface area contributed by atoms with E-state index in [1.165, 1.54) is 0 Å². The van der Waals surface area contributed by atoms with Crippen molar-refractivity contribution in [3.8, 4) is 0 Å². The first-order valence-corrected chi connectivity index (χ1v) is 6.05. The number of carbonyl (C=O) groups excluding carboxylic acids is 2. The van der Waals surface area contributed by atoms with Crippen molar-refractivity contribution in [1.29, 1.82) is 0 Å². The molecule has 96 valence electrons. The van der Waals surface area contributed by atoms with Gasteiger partial charge in [0.05, 0.1) is 17.1 Å². The number of imide groups is 1. The van der Waals surface area contributed by atoms with Crippen molar-refractivity contribution in [3.05, 3.63) is 35.5 Å². The summed E-state index contributed by atoms with van der Waals surface area (Å²) in [5.74, 6) is -0.925. The van der Waals surface area contributed by atoms with Crippen LogP contribution in [0.1, 0.15) is 23.6 Å². The van der Waals surface area contributed by atoms with E-state index in [4.69, 9.17) is 5.73 Å². The molecule has 1 atom stereocenters. The van der Waals surface area contributed by atoms with Gasteiger partial charge in [0.15, 0.2) is 0 Å². The van der Waals surface area contributed by atoms with E-state index in [0.29, 0.717) is 5.69 Å². The Hall–Kier alpha value is -2.43. The standard InChI is InChI=1S/C14H13N3O2/c1-7-9(10-6-12(18)17-14(10)19)5-8-3-2-4-11(15)13(8)16-7/h2-5,10H,6,15H2,1H3,(H,17,18,19). The number of fused-ring (bicyclic) bond motifs is 1. The summed E-state index contributed by atoms with van der Waals surface area (Å²) in [5, 5.41) is 3.20. The van der Waals surface area contributed by atoms with E-state index in [1.807, 2.05) is 25.1 Å². The van der Waals surface area contributed by atoms with Crippen LogP contribution < -0.4 is 11.1 Å². The summed E-state index contributed by atoms with van der Waals surface area (Å²) >= 11 is 0. The van der Waals surface area contributed by atoms with E-state index < -0.39 is 5.92 Å². The van der Waals surface area contributed by atoms with Crippen molar-refractivity contribution < 1.29 is 9.59 Å². The maximum absolute atomic E-state index is 11.8. The smallest absolute Gasteiger partial charge is 0.234 e. The molecule has 2 aromatic rings. The minimum atomic E-state index is -0.439. The molecule has 0 radical (unpaired) electrons. The number of aromatic nitrogens is 1. The van der Waals surface area contributed by atoms with Gasteiger partial charge in [0.2, 0.25) is 11.8 Å². The molecule has 0 aliphatic carbocycles. The highest BCUT2D eigenvalue weighted by Crippen LogP contribution is 2.30. The maximum Gasteiger partial charge on any atom is 0.234 e. The van der Waals surface area contributed by atoms with Gasteiger partial charge in [0.25, 0.3) is 0 Å². The molecule has 1 fully saturated rings. The SMILES string of the molecule is Cc1nc2c(N)cccc2cc1C1CC(=O)NC1=O. The summed E-state index contributed by atoms with van der Waals surface area (Å²) in [6, 6.07) is 7.44. The fraction of sp³-hybridized carbons (Fsp3) is 0.214. The molecule has 1 unspecified atom stereocenters. The number of nitrogens with one attached hydrogen (secondary N) is 1. The molecule has 1 saturated heterocycles. The summed E-state index contributed by atoms with van der Waals surface area (Å²) in [7, 11) is 0. The van der Waals surface area contributed by atoms with Gasteiger partial charge in [-0.05, 0) is 24.6 Å². The number of benzene rings is 1. The van der Waals surface area contributed by atoms with Gasteiger partial charge in [-0.3, -0.25) is 19.9 Å². The molecule has 0 bridgehead atoms. The molecule has 2 heterocycles. The van der Waals surface area contributed by atoms with Gasteiger partial charge in [0.1, 0.15) is 0 Å². The minimum Gasteiger partial charge on any atom is -0.397 e. The topological polar surface area (TPSA) is 85.1 Å². The Morgan fingerprint density at radius 2 is 2.16 bits per heavy atom. The van der Waals surface area contributed by atoms with Crippen LogP contribution in [0.3, 0.4) is 0 Å². The molecule has 1 aromatic carbocycles. The lowest BCUT2D eigenvalue weighted by atomic mass is 9.94. The van der Waals surface area contributed by atoms with E-state index in [0.717, 1.165) is 22.2 Å². The van der Waals surface area contributed by atoms with Gasteiger partial charge in [-0.2, -0.15) is 0 Å². The predicted molar refractivity (Wildman–Crippen MR) is 71.4 cm³/mol. The summed E-state index contributed by atoms with van der Waals surface area (Å²) in [6.07, 6.45) is 0.190. The first kappa shape index (κ1) is 11.6. The Kier molecular flexibility index (Phi) is 2.48. The van der Waals surface area contributed by atoms with E-state index >= 15 is 0 Å². The van der Waals surface area contributed by atoms with Crippen molar-refractivity contribution in [1.82, 2.24) is 10.3 Å². The number of aryl methyl sites for hydroxylation is 1. The Balaban J connectivity index is 2.17. The lowest BCUT2D eigenvalue weighted by Gasteiger charge is -2.12. The number of rotatable bonds is 1. The number of nitrogens with zero attached hydrogens (tertiary/aromatic N) is 1. The van der Waals surface area contributed by atoms with Crippen molar-refractivity contribution in [2.75, 3.05) is 5.73 Å². The van der Waals surface area contributed by atoms with E-state index in [2.05, 4.69) is 10.3 Å². The lowest BCUT2D eigenvalue weighted by Crippen LogP contribution is -2.21. The molecular formula is C14H13N3O2. The molecule has 5 heteroatoms. The van der Waals surface area contributed by atoms with Gasteiger partial charge >= 0.3 is 0 Å². The first-order chi connectivity index (χ1) is 9.06. The molecule has 2 amide bonds. The van der Waals surface area contributed by atoms with Crippen molar-refractivity contribution >= 4 is 28.4 Å². The summed E-state index contributed by atoms with van der Waals surface area (Å²) < 4.78 is 0. The molecule has 19 heavy (non-hydrogen) atoms. The third-order valence-electron chi connectivity index (χ3n) is 3.45. The second-order valence-corrected chi connectivity index (χ2v) is 4.75. The quantitative estimate of drug-likeness (QED) is 0.593. The van der Waals surface area contributed by atoms with Crippen molar-refractivity contribution in [3.63, 3.8) is 0 Å². The zero-order valence-corrected chi connectivity index (χ0v) is 10.4. The monoisotopic (exact) mass is 255 g/mol. The predicted octanol–water partition coefficient (Wildman–Crippen LogP) is 1.26. The number of nitrogen functional groups attached to an aromatic ring is 1. The van der Waals surface area contributed by atoms with Crippen LogP contribution in [0, 0.1) is 6.92 Å². The third-order valence-corrected chi connectivity index (χ3v) is 3.45. The number of hydrogen-bond acceptors (Lipinski definition) is 4. The first-order valence-electron chi connectivity index (χ1n) is 6.05. The zero-order chi connectivity index (χ0) is 13.6. The number of hydrogen-bond donors (Lipinski definition) is 2. The molecule has 0 saturated carbocycles. The highest BCUT2D eigenvalue weighted by Gasteiger charge is 2.33. The van der Waals surface area contributed by atoms with Crippen LogP contribution in [0.5, 0.6) is 0 Å². The number of amides is 2. The van der Waals surface area contributed by atoms with Crippen molar-refractivity contribution in [2.24, 2.45) is 0 Å². The van der Waals surface area contributed by atoms with Crippen molar-refractivity contribution in [2.45, 2.75) is 19.3 Å². The Labute approximate surface area is 109 Å². The van der Waals surface area contributed by atoms with Crippen LogP contribution in [0.2, 0.25) is 0 Å². The third kappa shape index (κ3) is 1.83. The fourth-order valence-corrected chi connectivity index (χ4v) is 2.49. The van der Waals surface area contributed by atoms with Crippen LogP contribution >= 0.6 is 0 Å². The number of pyridine rings is 1. The molecule has 1 aromatic heterocycles. The largest absolute Gasteiger partial charge is 0.397 e. The van der Waals surface area contributed by atoms with Crippen LogP contribution in [0.4, 0.5) is 5.69 Å². The second kappa shape index (κ2) is 4.05. The highest BCUT2D eigenvalue weighted by molar-refractivity contribution is 6.06. The minimum absolute atomic E-state index is 0.190. The van der Waals surface area contributed by atoms with Gasteiger partial charge in [0, 0.05) is 17.5 Å². The fourth-order valence-electron chi connectivity index (χ4n) is 2.49. The normalized spacial score (nSPS) is 18.9. The van der Waals surface area contributed by atoms with E-state index in [-0.39, 0.29) is 18.2 Å². The molecule has 5 nitrogen and oxygen atoms in total. The Morgan fingerprint density at radius 3 is 2.84 bits per heavy atom. The summed E-state index contributed by atoms with van der Waals surface area (Å²) in [5.41, 5.74) is 8.75. The number of anilines is 1. The molecule has 1 aliphatic heterocycles. The second-order valence-electron chi connectivity index (χ2n) is 4.75. The van der Waals surface area contributed by atoms with Gasteiger partial charge in [-0.25, -0.2) is 0 Å². The maximum atomic E-state index is 11.8. The molecule has 3 N–H and O–H groups in total. The highest BCUT2D eigenvalue weighted by atomic mass is 16.2. The summed E-state index contributed by atoms with van der Waals surface area (Å²) in [4.78, 5) is 27.5. The average molecular weight is 255 g/mol.